The minimum Gasteiger partial charge on any atom is -0.369 e. The van der Waals surface area contributed by atoms with Crippen molar-refractivity contribution in [3.8, 4) is 0 Å². The molecule has 0 saturated carbocycles. The third kappa shape index (κ3) is 1.86. The SMILES string of the molecule is O=C1COCC(C(=O)N2CCc3ccccc32)N1. The fourth-order valence-corrected chi connectivity index (χ4v) is 2.44. The Balaban J connectivity index is 1.80. The zero-order chi connectivity index (χ0) is 12.5. The van der Waals surface area contributed by atoms with Crippen LogP contribution < -0.4 is 10.2 Å². The number of carbonyl (C=O) groups excluding carboxylic acids is 2. The molecule has 18 heavy (non-hydrogen) atoms. The van der Waals surface area contributed by atoms with Gasteiger partial charge in [-0.1, -0.05) is 18.2 Å². The summed E-state index contributed by atoms with van der Waals surface area (Å²) in [6.07, 6.45) is 0.865. The van der Waals surface area contributed by atoms with Crippen LogP contribution in [0.5, 0.6) is 0 Å². The molecule has 1 fully saturated rings. The maximum Gasteiger partial charge on any atom is 0.251 e. The first kappa shape index (κ1) is 11.2. The van der Waals surface area contributed by atoms with Crippen LogP contribution in [-0.2, 0) is 20.7 Å². The molecule has 2 amide bonds. The van der Waals surface area contributed by atoms with E-state index in [1.165, 1.54) is 5.56 Å². The smallest absolute Gasteiger partial charge is 0.251 e. The molecule has 1 saturated heterocycles. The third-order valence-corrected chi connectivity index (χ3v) is 3.30. The normalized spacial score (nSPS) is 22.6. The lowest BCUT2D eigenvalue weighted by atomic mass is 10.2. The lowest BCUT2D eigenvalue weighted by Gasteiger charge is -2.27. The van der Waals surface area contributed by atoms with Gasteiger partial charge in [-0.2, -0.15) is 0 Å². The second-order valence-electron chi connectivity index (χ2n) is 4.50. The van der Waals surface area contributed by atoms with Crippen LogP contribution >= 0.6 is 0 Å². The van der Waals surface area contributed by atoms with Crippen LogP contribution in [-0.4, -0.2) is 37.6 Å². The van der Waals surface area contributed by atoms with E-state index >= 15 is 0 Å². The Morgan fingerprint density at radius 3 is 3.06 bits per heavy atom. The topological polar surface area (TPSA) is 58.6 Å². The number of anilines is 1. The van der Waals surface area contributed by atoms with Crippen LogP contribution in [0.4, 0.5) is 5.69 Å². The minimum atomic E-state index is -0.558. The zero-order valence-corrected chi connectivity index (χ0v) is 9.89. The van der Waals surface area contributed by atoms with Gasteiger partial charge >= 0.3 is 0 Å². The molecular weight excluding hydrogens is 232 g/mol. The van der Waals surface area contributed by atoms with Gasteiger partial charge in [-0.15, -0.1) is 0 Å². The molecule has 1 aromatic rings. The van der Waals surface area contributed by atoms with Gasteiger partial charge in [0.2, 0.25) is 5.91 Å². The molecule has 94 valence electrons. The molecule has 1 aromatic carbocycles. The summed E-state index contributed by atoms with van der Waals surface area (Å²) in [4.78, 5) is 25.3. The first-order valence-electron chi connectivity index (χ1n) is 6.02. The van der Waals surface area contributed by atoms with Crippen molar-refractivity contribution >= 4 is 17.5 Å². The Morgan fingerprint density at radius 2 is 2.22 bits per heavy atom. The fraction of sp³-hybridized carbons (Fsp3) is 0.385. The van der Waals surface area contributed by atoms with Gasteiger partial charge in [0.15, 0.2) is 0 Å². The van der Waals surface area contributed by atoms with Crippen molar-refractivity contribution in [3.63, 3.8) is 0 Å². The summed E-state index contributed by atoms with van der Waals surface area (Å²) in [7, 11) is 0. The Morgan fingerprint density at radius 1 is 1.39 bits per heavy atom. The molecule has 5 nitrogen and oxygen atoms in total. The van der Waals surface area contributed by atoms with Gasteiger partial charge < -0.3 is 15.0 Å². The van der Waals surface area contributed by atoms with Crippen molar-refractivity contribution in [2.24, 2.45) is 0 Å². The summed E-state index contributed by atoms with van der Waals surface area (Å²) < 4.78 is 5.10. The highest BCUT2D eigenvalue weighted by molar-refractivity contribution is 6.01. The number of rotatable bonds is 1. The lowest BCUT2D eigenvalue weighted by Crippen LogP contribution is -2.54. The van der Waals surface area contributed by atoms with Gasteiger partial charge in [-0.05, 0) is 18.1 Å². The standard InChI is InChI=1S/C13H14N2O3/c16-12-8-18-7-10(14-12)13(17)15-6-5-9-3-1-2-4-11(9)15/h1-4,10H,5-8H2,(H,14,16). The molecule has 1 atom stereocenters. The van der Waals surface area contributed by atoms with E-state index in [4.69, 9.17) is 4.74 Å². The molecule has 0 radical (unpaired) electrons. The molecule has 2 aliphatic heterocycles. The summed E-state index contributed by atoms with van der Waals surface area (Å²) in [6, 6.07) is 7.29. The Bertz CT molecular complexity index is 501. The van der Waals surface area contributed by atoms with Crippen molar-refractivity contribution in [1.82, 2.24) is 5.32 Å². The van der Waals surface area contributed by atoms with E-state index < -0.39 is 6.04 Å². The number of benzene rings is 1. The molecule has 2 aliphatic rings. The number of para-hydroxylation sites is 1. The van der Waals surface area contributed by atoms with Gasteiger partial charge in [0.1, 0.15) is 12.6 Å². The molecule has 0 spiro atoms. The van der Waals surface area contributed by atoms with Gasteiger partial charge in [0.25, 0.3) is 5.91 Å². The first-order chi connectivity index (χ1) is 8.75. The Labute approximate surface area is 105 Å². The van der Waals surface area contributed by atoms with E-state index in [0.717, 1.165) is 12.1 Å². The quantitative estimate of drug-likeness (QED) is 0.764. The number of nitrogens with zero attached hydrogens (tertiary/aromatic N) is 1. The van der Waals surface area contributed by atoms with E-state index in [2.05, 4.69) is 5.32 Å². The highest BCUT2D eigenvalue weighted by Gasteiger charge is 2.32. The number of fused-ring (bicyclic) bond motifs is 1. The van der Waals surface area contributed by atoms with Gasteiger partial charge in [0, 0.05) is 12.2 Å². The average molecular weight is 246 g/mol. The third-order valence-electron chi connectivity index (χ3n) is 3.30. The molecule has 1 N–H and O–H groups in total. The largest absolute Gasteiger partial charge is 0.369 e. The molecular formula is C13H14N2O3. The highest BCUT2D eigenvalue weighted by Crippen LogP contribution is 2.28. The second-order valence-corrected chi connectivity index (χ2v) is 4.50. The molecule has 5 heteroatoms. The predicted molar refractivity (Wildman–Crippen MR) is 65.2 cm³/mol. The summed E-state index contributed by atoms with van der Waals surface area (Å²) in [5, 5.41) is 2.67. The van der Waals surface area contributed by atoms with Crippen molar-refractivity contribution in [2.75, 3.05) is 24.7 Å². The number of hydrogen-bond donors (Lipinski definition) is 1. The highest BCUT2D eigenvalue weighted by atomic mass is 16.5. The number of amides is 2. The van der Waals surface area contributed by atoms with Crippen LogP contribution in [0.3, 0.4) is 0 Å². The van der Waals surface area contributed by atoms with E-state index in [-0.39, 0.29) is 25.0 Å². The van der Waals surface area contributed by atoms with Gasteiger partial charge in [-0.25, -0.2) is 0 Å². The fourth-order valence-electron chi connectivity index (χ4n) is 2.44. The van der Waals surface area contributed by atoms with E-state index in [0.29, 0.717) is 6.54 Å². The Hall–Kier alpha value is -1.88. The maximum absolute atomic E-state index is 12.3. The Kier molecular flexibility index (Phi) is 2.76. The minimum absolute atomic E-state index is 0.0420. The summed E-state index contributed by atoms with van der Waals surface area (Å²) >= 11 is 0. The van der Waals surface area contributed by atoms with Crippen molar-refractivity contribution < 1.29 is 14.3 Å². The molecule has 1 unspecified atom stereocenters. The summed E-state index contributed by atoms with van der Waals surface area (Å²) in [6.45, 7) is 0.966. The average Bonchev–Trinajstić information content (AvgIpc) is 2.82. The van der Waals surface area contributed by atoms with Crippen LogP contribution in [0.25, 0.3) is 0 Å². The van der Waals surface area contributed by atoms with E-state index in [1.807, 2.05) is 24.3 Å². The molecule has 0 bridgehead atoms. The van der Waals surface area contributed by atoms with Crippen LogP contribution in [0.15, 0.2) is 24.3 Å². The van der Waals surface area contributed by atoms with Crippen molar-refractivity contribution in [1.29, 1.82) is 0 Å². The predicted octanol–water partition coefficient (Wildman–Crippen LogP) is 0.0907. The van der Waals surface area contributed by atoms with Gasteiger partial charge in [-0.3, -0.25) is 9.59 Å². The van der Waals surface area contributed by atoms with E-state index in [1.54, 1.807) is 4.90 Å². The number of nitrogens with one attached hydrogen (secondary N) is 1. The van der Waals surface area contributed by atoms with Gasteiger partial charge in [0.05, 0.1) is 6.61 Å². The monoisotopic (exact) mass is 246 g/mol. The lowest BCUT2D eigenvalue weighted by molar-refractivity contribution is -0.137. The summed E-state index contributed by atoms with van der Waals surface area (Å²) in [5.41, 5.74) is 2.12. The number of ether oxygens (including phenoxy) is 1. The molecule has 2 heterocycles. The zero-order valence-electron chi connectivity index (χ0n) is 9.89. The number of morpholine rings is 1. The first-order valence-corrected chi connectivity index (χ1v) is 6.02. The number of hydrogen-bond acceptors (Lipinski definition) is 3. The second kappa shape index (κ2) is 4.42. The van der Waals surface area contributed by atoms with Crippen molar-refractivity contribution in [3.05, 3.63) is 29.8 Å². The summed E-state index contributed by atoms with van der Waals surface area (Å²) in [5.74, 6) is -0.319. The maximum atomic E-state index is 12.3. The molecule has 0 aliphatic carbocycles. The van der Waals surface area contributed by atoms with E-state index in [9.17, 15) is 9.59 Å². The van der Waals surface area contributed by atoms with Crippen molar-refractivity contribution in [2.45, 2.75) is 12.5 Å². The molecule has 3 rings (SSSR count). The van der Waals surface area contributed by atoms with Crippen LogP contribution in [0.1, 0.15) is 5.56 Å². The van der Waals surface area contributed by atoms with Crippen LogP contribution in [0, 0.1) is 0 Å². The van der Waals surface area contributed by atoms with Crippen LogP contribution in [0.2, 0.25) is 0 Å². The molecule has 0 aromatic heterocycles. The number of carbonyl (C=O) groups is 2.